The second kappa shape index (κ2) is 13.8. The van der Waals surface area contributed by atoms with Crippen LogP contribution < -0.4 is 10.1 Å². The molecule has 0 unspecified atom stereocenters. The van der Waals surface area contributed by atoms with Gasteiger partial charge in [-0.3, -0.25) is 4.90 Å². The Morgan fingerprint density at radius 2 is 2.04 bits per heavy atom. The van der Waals surface area contributed by atoms with Crippen LogP contribution in [0.1, 0.15) is 12.0 Å². The molecule has 1 aliphatic heterocycles. The Labute approximate surface area is 162 Å². The van der Waals surface area contributed by atoms with Crippen molar-refractivity contribution < 1.29 is 9.47 Å². The molecule has 1 fully saturated rings. The van der Waals surface area contributed by atoms with Crippen molar-refractivity contribution in [1.29, 1.82) is 0 Å². The van der Waals surface area contributed by atoms with Crippen molar-refractivity contribution in [2.24, 2.45) is 0 Å². The summed E-state index contributed by atoms with van der Waals surface area (Å²) >= 11 is 6.07. The van der Waals surface area contributed by atoms with Crippen molar-refractivity contribution in [2.75, 3.05) is 46.0 Å². The minimum Gasteiger partial charge on any atom is -0.489 e. The van der Waals surface area contributed by atoms with Crippen molar-refractivity contribution in [3.05, 3.63) is 41.4 Å². The van der Waals surface area contributed by atoms with Gasteiger partial charge in [-0.1, -0.05) is 24.3 Å². The van der Waals surface area contributed by atoms with Gasteiger partial charge in [-0.25, -0.2) is 0 Å². The molecule has 1 aliphatic rings. The lowest BCUT2D eigenvalue weighted by Gasteiger charge is -2.26. The number of hydrogen-bond acceptors (Lipinski definition) is 4. The third-order valence-corrected chi connectivity index (χ3v) is 3.86. The van der Waals surface area contributed by atoms with Crippen LogP contribution in [0.25, 0.3) is 0 Å². The molecule has 1 aromatic rings. The zero-order chi connectivity index (χ0) is 15.6. The lowest BCUT2D eigenvalue weighted by Crippen LogP contribution is -2.37. The standard InChI is InChI=1S/C17H25ClN2O2.2ClH/c1-2-10-22-17-5-4-16(18)13-15(17)14-19-6-3-7-20-8-11-21-12-9-20;;/h2,4-5,13,19H,1,3,6-12,14H2;2*1H. The summed E-state index contributed by atoms with van der Waals surface area (Å²) in [6.45, 7) is 10.9. The molecule has 1 aromatic carbocycles. The number of halogens is 3. The Balaban J connectivity index is 0.00000264. The van der Waals surface area contributed by atoms with Crippen LogP contribution in [0.4, 0.5) is 0 Å². The average molecular weight is 398 g/mol. The van der Waals surface area contributed by atoms with E-state index in [0.29, 0.717) is 6.61 Å². The van der Waals surface area contributed by atoms with E-state index in [4.69, 9.17) is 21.1 Å². The minimum absolute atomic E-state index is 0. The van der Waals surface area contributed by atoms with Gasteiger partial charge in [0.2, 0.25) is 0 Å². The molecular weight excluding hydrogens is 371 g/mol. The fourth-order valence-electron chi connectivity index (χ4n) is 2.45. The van der Waals surface area contributed by atoms with Crippen LogP contribution in [0.5, 0.6) is 5.75 Å². The number of rotatable bonds is 9. The fourth-order valence-corrected chi connectivity index (χ4v) is 2.65. The minimum atomic E-state index is 0. The molecule has 0 aromatic heterocycles. The Kier molecular flexibility index (Phi) is 13.5. The summed E-state index contributed by atoms with van der Waals surface area (Å²) in [5.41, 5.74) is 1.08. The van der Waals surface area contributed by atoms with Gasteiger partial charge >= 0.3 is 0 Å². The van der Waals surface area contributed by atoms with E-state index in [-0.39, 0.29) is 24.8 Å². The number of nitrogens with zero attached hydrogens (tertiary/aromatic N) is 1. The maximum Gasteiger partial charge on any atom is 0.124 e. The lowest BCUT2D eigenvalue weighted by atomic mass is 10.2. The van der Waals surface area contributed by atoms with Gasteiger partial charge in [-0.15, -0.1) is 24.8 Å². The van der Waals surface area contributed by atoms with E-state index in [2.05, 4.69) is 16.8 Å². The third-order valence-electron chi connectivity index (χ3n) is 3.63. The molecule has 1 saturated heterocycles. The molecule has 7 heteroatoms. The first-order chi connectivity index (χ1) is 10.8. The molecule has 0 saturated carbocycles. The number of morpholine rings is 1. The molecule has 0 atom stereocenters. The summed E-state index contributed by atoms with van der Waals surface area (Å²) < 4.78 is 11.0. The summed E-state index contributed by atoms with van der Waals surface area (Å²) in [5.74, 6) is 0.866. The van der Waals surface area contributed by atoms with Crippen molar-refractivity contribution in [2.45, 2.75) is 13.0 Å². The summed E-state index contributed by atoms with van der Waals surface area (Å²) in [7, 11) is 0. The van der Waals surface area contributed by atoms with Crippen LogP contribution in [-0.2, 0) is 11.3 Å². The summed E-state index contributed by atoms with van der Waals surface area (Å²) in [6, 6.07) is 5.72. The number of nitrogens with one attached hydrogen (secondary N) is 1. The van der Waals surface area contributed by atoms with Crippen molar-refractivity contribution in [3.8, 4) is 5.75 Å². The Morgan fingerprint density at radius 3 is 2.75 bits per heavy atom. The first-order valence-corrected chi connectivity index (χ1v) is 8.20. The molecule has 0 radical (unpaired) electrons. The Hall–Kier alpha value is -0.490. The first kappa shape index (κ1) is 23.5. The monoisotopic (exact) mass is 396 g/mol. The van der Waals surface area contributed by atoms with Gasteiger partial charge in [0, 0.05) is 30.2 Å². The van der Waals surface area contributed by atoms with E-state index in [1.165, 1.54) is 0 Å². The van der Waals surface area contributed by atoms with Gasteiger partial charge in [-0.05, 0) is 37.7 Å². The van der Waals surface area contributed by atoms with Gasteiger partial charge in [-0.2, -0.15) is 0 Å². The van der Waals surface area contributed by atoms with Crippen LogP contribution in [0.3, 0.4) is 0 Å². The predicted octanol–water partition coefficient (Wildman–Crippen LogP) is 3.56. The maximum atomic E-state index is 6.07. The molecular formula is C17H27Cl3N2O2. The topological polar surface area (TPSA) is 33.7 Å². The molecule has 0 amide bonds. The van der Waals surface area contributed by atoms with E-state index in [1.807, 2.05) is 18.2 Å². The Bertz CT molecular complexity index is 469. The largest absolute Gasteiger partial charge is 0.489 e. The zero-order valence-electron chi connectivity index (χ0n) is 13.8. The number of benzene rings is 1. The highest BCUT2D eigenvalue weighted by molar-refractivity contribution is 6.30. The molecule has 4 nitrogen and oxygen atoms in total. The van der Waals surface area contributed by atoms with Gasteiger partial charge < -0.3 is 14.8 Å². The van der Waals surface area contributed by atoms with E-state index in [0.717, 1.165) is 68.7 Å². The SMILES string of the molecule is C=CCOc1ccc(Cl)cc1CNCCCN1CCOCC1.Cl.Cl. The Morgan fingerprint density at radius 1 is 1.29 bits per heavy atom. The van der Waals surface area contributed by atoms with Crippen LogP contribution in [0.15, 0.2) is 30.9 Å². The molecule has 0 bridgehead atoms. The van der Waals surface area contributed by atoms with Crippen LogP contribution in [0, 0.1) is 0 Å². The predicted molar refractivity (Wildman–Crippen MR) is 105 cm³/mol. The molecule has 2 rings (SSSR count). The van der Waals surface area contributed by atoms with E-state index < -0.39 is 0 Å². The molecule has 138 valence electrons. The summed E-state index contributed by atoms with van der Waals surface area (Å²) in [6.07, 6.45) is 2.87. The molecule has 0 aliphatic carbocycles. The highest BCUT2D eigenvalue weighted by Gasteiger charge is 2.09. The van der Waals surface area contributed by atoms with Crippen LogP contribution >= 0.6 is 36.4 Å². The van der Waals surface area contributed by atoms with Gasteiger partial charge in [0.1, 0.15) is 12.4 Å². The van der Waals surface area contributed by atoms with Crippen molar-refractivity contribution in [3.63, 3.8) is 0 Å². The van der Waals surface area contributed by atoms with Gasteiger partial charge in [0.05, 0.1) is 13.2 Å². The van der Waals surface area contributed by atoms with Crippen LogP contribution in [0.2, 0.25) is 5.02 Å². The average Bonchev–Trinajstić information content (AvgIpc) is 2.55. The molecule has 24 heavy (non-hydrogen) atoms. The normalized spacial score (nSPS) is 14.4. The third kappa shape index (κ3) is 8.56. The molecule has 1 heterocycles. The lowest BCUT2D eigenvalue weighted by molar-refractivity contribution is 0.0374. The second-order valence-electron chi connectivity index (χ2n) is 5.34. The smallest absolute Gasteiger partial charge is 0.124 e. The first-order valence-electron chi connectivity index (χ1n) is 7.82. The highest BCUT2D eigenvalue weighted by Crippen LogP contribution is 2.22. The maximum absolute atomic E-state index is 6.07. The molecule has 1 N–H and O–H groups in total. The zero-order valence-corrected chi connectivity index (χ0v) is 16.2. The van der Waals surface area contributed by atoms with Crippen molar-refractivity contribution in [1.82, 2.24) is 10.2 Å². The van der Waals surface area contributed by atoms with Gasteiger partial charge in [0.25, 0.3) is 0 Å². The molecule has 0 spiro atoms. The summed E-state index contributed by atoms with van der Waals surface area (Å²) in [4.78, 5) is 2.45. The highest BCUT2D eigenvalue weighted by atomic mass is 35.5. The van der Waals surface area contributed by atoms with Crippen molar-refractivity contribution >= 4 is 36.4 Å². The van der Waals surface area contributed by atoms with E-state index in [9.17, 15) is 0 Å². The van der Waals surface area contributed by atoms with E-state index in [1.54, 1.807) is 6.08 Å². The summed E-state index contributed by atoms with van der Waals surface area (Å²) in [5, 5.41) is 4.20. The quantitative estimate of drug-likeness (QED) is 0.510. The van der Waals surface area contributed by atoms with Gasteiger partial charge in [0.15, 0.2) is 0 Å². The van der Waals surface area contributed by atoms with E-state index >= 15 is 0 Å². The number of hydrogen-bond donors (Lipinski definition) is 1. The second-order valence-corrected chi connectivity index (χ2v) is 5.77. The number of ether oxygens (including phenoxy) is 2. The fraction of sp³-hybridized carbons (Fsp3) is 0.529. The van der Waals surface area contributed by atoms with Crippen LogP contribution in [-0.4, -0.2) is 50.9 Å².